The number of hydrogen-bond acceptors (Lipinski definition) is 5. The third kappa shape index (κ3) is 22.4. The molecule has 8 nitrogen and oxygen atoms in total. The van der Waals surface area contributed by atoms with Gasteiger partial charge in [-0.05, 0) is 6.42 Å². The van der Waals surface area contributed by atoms with Crippen LogP contribution in [0.5, 0.6) is 0 Å². The molecule has 0 aromatic rings. The van der Waals surface area contributed by atoms with Crippen LogP contribution in [0.3, 0.4) is 0 Å². The number of rotatable bonds is 13. The minimum Gasteiger partial charge on any atom is -0.481 e. The molecule has 0 aromatic heterocycles. The molecule has 0 amide bonds. The van der Waals surface area contributed by atoms with Crippen LogP contribution in [0.15, 0.2) is 0 Å². The first-order valence-corrected chi connectivity index (χ1v) is 9.45. The zero-order valence-corrected chi connectivity index (χ0v) is 19.1. The molecule has 0 aromatic carbocycles. The molecule has 0 aliphatic carbocycles. The van der Waals surface area contributed by atoms with Gasteiger partial charge >= 0.3 is 63.3 Å². The second kappa shape index (κ2) is 19.2. The molecule has 0 saturated heterocycles. The Morgan fingerprint density at radius 1 is 1.04 bits per heavy atom. The molecule has 0 aliphatic rings. The van der Waals surface area contributed by atoms with E-state index in [1.54, 1.807) is 0 Å². The van der Waals surface area contributed by atoms with Gasteiger partial charge in [-0.3, -0.25) is 14.1 Å². The molecule has 25 heavy (non-hydrogen) atoms. The Morgan fingerprint density at radius 3 is 1.84 bits per heavy atom. The summed E-state index contributed by atoms with van der Waals surface area (Å²) in [5.74, 6) is -3.50. The Bertz CT molecular complexity index is 429. The Hall–Kier alpha value is 0.446. The number of carboxylic acid groups (broad SMARTS) is 2. The summed E-state index contributed by atoms with van der Waals surface area (Å²) < 4.78 is 33.8. The van der Waals surface area contributed by atoms with E-state index < -0.39 is 33.7 Å². The van der Waals surface area contributed by atoms with Gasteiger partial charge in [-0.15, -0.1) is 0 Å². The van der Waals surface area contributed by atoms with E-state index in [1.165, 1.54) is 44.9 Å². The van der Waals surface area contributed by atoms with E-state index in [0.29, 0.717) is 6.61 Å². The van der Waals surface area contributed by atoms with Crippen molar-refractivity contribution in [2.45, 2.75) is 63.5 Å². The molecule has 1 unspecified atom stereocenters. The van der Waals surface area contributed by atoms with Gasteiger partial charge in [0.15, 0.2) is 5.25 Å². The van der Waals surface area contributed by atoms with Crippen LogP contribution in [-0.2, 0) is 24.4 Å². The van der Waals surface area contributed by atoms with Crippen LogP contribution in [0, 0.1) is 6.92 Å². The number of unbranched alkanes of at least 4 members (excludes halogenated alkanes) is 6. The van der Waals surface area contributed by atoms with E-state index in [4.69, 9.17) is 19.5 Å². The van der Waals surface area contributed by atoms with Crippen molar-refractivity contribution in [1.29, 1.82) is 0 Å². The summed E-state index contributed by atoms with van der Waals surface area (Å²) in [6.45, 7) is 7.39. The van der Waals surface area contributed by atoms with Crippen molar-refractivity contribution in [3.05, 3.63) is 6.92 Å². The molecular weight excluding hydrogens is 379 g/mol. The smallest absolute Gasteiger partial charge is 0.481 e. The molecule has 10 heteroatoms. The van der Waals surface area contributed by atoms with Gasteiger partial charge in [0.25, 0.3) is 10.1 Å². The first-order chi connectivity index (χ1) is 11.2. The van der Waals surface area contributed by atoms with Crippen LogP contribution in [0.4, 0.5) is 0 Å². The van der Waals surface area contributed by atoms with Crippen LogP contribution in [0.1, 0.15) is 58.3 Å². The zero-order chi connectivity index (χ0) is 19.0. The van der Waals surface area contributed by atoms with Crippen molar-refractivity contribution >= 4 is 22.1 Å². The van der Waals surface area contributed by atoms with Crippen molar-refractivity contribution in [3.8, 4) is 0 Å². The van der Waals surface area contributed by atoms with E-state index in [-0.39, 0.29) is 51.4 Å². The molecule has 0 saturated carbocycles. The minimum atomic E-state index is -4.84. The molecule has 3 N–H and O–H groups in total. The van der Waals surface area contributed by atoms with Crippen LogP contribution in [-0.4, -0.2) is 53.6 Å². The Morgan fingerprint density at radius 2 is 1.52 bits per heavy atom. The maximum absolute atomic E-state index is 10.2. The molecule has 0 heterocycles. The molecular formula is C15H29KO8S. The summed E-state index contributed by atoms with van der Waals surface area (Å²) in [5, 5.41) is 13.9. The Balaban J connectivity index is -0.000000372. The summed E-state index contributed by atoms with van der Waals surface area (Å²) in [6, 6.07) is 0. The first kappa shape index (κ1) is 30.2. The topological polar surface area (TPSA) is 138 Å². The second-order valence-electron chi connectivity index (χ2n) is 5.17. The molecule has 0 rings (SSSR count). The summed E-state index contributed by atoms with van der Waals surface area (Å²) in [4.78, 5) is 20.0. The predicted octanol–water partition coefficient (Wildman–Crippen LogP) is -0.606. The molecule has 1 atom stereocenters. The van der Waals surface area contributed by atoms with Gasteiger partial charge < -0.3 is 21.9 Å². The minimum absolute atomic E-state index is 0. The van der Waals surface area contributed by atoms with Gasteiger partial charge in [0.05, 0.1) is 6.42 Å². The third-order valence-electron chi connectivity index (χ3n) is 3.03. The molecule has 0 radical (unpaired) electrons. The van der Waals surface area contributed by atoms with Gasteiger partial charge in [-0.2, -0.15) is 8.42 Å². The van der Waals surface area contributed by atoms with Crippen molar-refractivity contribution in [1.82, 2.24) is 0 Å². The summed E-state index contributed by atoms with van der Waals surface area (Å²) in [7, 11) is -4.84. The third-order valence-corrected chi connectivity index (χ3v) is 4.12. The van der Waals surface area contributed by atoms with Crippen molar-refractivity contribution < 1.29 is 88.9 Å². The quantitative estimate of drug-likeness (QED) is 0.159. The van der Waals surface area contributed by atoms with Crippen molar-refractivity contribution in [2.75, 3.05) is 13.2 Å². The van der Waals surface area contributed by atoms with Gasteiger partial charge in [0, 0.05) is 6.61 Å². The van der Waals surface area contributed by atoms with Crippen LogP contribution in [0.2, 0.25) is 0 Å². The fraction of sp³-hybridized carbons (Fsp3) is 0.800. The largest absolute Gasteiger partial charge is 1.00 e. The van der Waals surface area contributed by atoms with Crippen molar-refractivity contribution in [3.63, 3.8) is 0 Å². The van der Waals surface area contributed by atoms with E-state index >= 15 is 0 Å². The molecule has 0 bridgehead atoms. The van der Waals surface area contributed by atoms with Crippen molar-refractivity contribution in [2.24, 2.45) is 0 Å². The first-order valence-electron chi connectivity index (χ1n) is 7.94. The van der Waals surface area contributed by atoms with E-state index in [9.17, 15) is 18.0 Å². The molecule has 144 valence electrons. The SMILES string of the molecule is O=C(O)CC(C(=O)O)S(=O)(=O)O.[CH2-]COCCCCCCCCC.[K+]. The maximum atomic E-state index is 10.2. The molecule has 0 spiro atoms. The van der Waals surface area contributed by atoms with Gasteiger partial charge in [0.1, 0.15) is 0 Å². The van der Waals surface area contributed by atoms with Crippen LogP contribution < -0.4 is 51.4 Å². The van der Waals surface area contributed by atoms with Gasteiger partial charge in [0.2, 0.25) is 0 Å². The number of hydrogen-bond donors (Lipinski definition) is 3. The zero-order valence-electron chi connectivity index (χ0n) is 15.1. The van der Waals surface area contributed by atoms with Gasteiger partial charge in [-0.25, -0.2) is 0 Å². The van der Waals surface area contributed by atoms with E-state index in [0.717, 1.165) is 6.61 Å². The standard InChI is InChI=1S/C11H23O.C4H6O7S.K/c1-3-5-6-7-8-9-10-11-12-4-2;5-3(6)1-2(4(7)8)12(9,10)11;/h2-11H2,1H3;2H,1H2,(H,5,6)(H,7,8)(H,9,10,11);/q-1;;+1. The van der Waals surface area contributed by atoms with Crippen LogP contribution >= 0.6 is 0 Å². The molecule has 0 aliphatic heterocycles. The maximum Gasteiger partial charge on any atom is 1.00 e. The van der Waals surface area contributed by atoms with Gasteiger partial charge in [-0.1, -0.05) is 52.1 Å². The monoisotopic (exact) mass is 408 g/mol. The van der Waals surface area contributed by atoms with E-state index in [1.807, 2.05) is 0 Å². The second-order valence-corrected chi connectivity index (χ2v) is 6.77. The average Bonchev–Trinajstić information content (AvgIpc) is 2.47. The average molecular weight is 409 g/mol. The fourth-order valence-corrected chi connectivity index (χ4v) is 2.35. The number of carboxylic acids is 2. The number of carbonyl (C=O) groups is 2. The fourth-order valence-electron chi connectivity index (χ4n) is 1.74. The number of aliphatic carboxylic acids is 2. The Labute approximate surface area is 192 Å². The normalized spacial score (nSPS) is 11.6. The molecule has 0 fully saturated rings. The predicted molar refractivity (Wildman–Crippen MR) is 89.4 cm³/mol. The Kier molecular flexibility index (Phi) is 23.2. The summed E-state index contributed by atoms with van der Waals surface area (Å²) in [5.41, 5.74) is 0. The number of ether oxygens (including phenoxy) is 1. The summed E-state index contributed by atoms with van der Waals surface area (Å²) in [6.07, 6.45) is 8.30. The van der Waals surface area contributed by atoms with Crippen LogP contribution in [0.25, 0.3) is 0 Å². The summed E-state index contributed by atoms with van der Waals surface area (Å²) >= 11 is 0. The van der Waals surface area contributed by atoms with E-state index in [2.05, 4.69) is 13.8 Å².